The van der Waals surface area contributed by atoms with Gasteiger partial charge >= 0.3 is 0 Å². The molecule has 1 N–H and O–H groups in total. The number of hydrogen-bond acceptors (Lipinski definition) is 7. The lowest BCUT2D eigenvalue weighted by molar-refractivity contribution is -0.122. The topological polar surface area (TPSA) is 125 Å². The smallest absolute Gasteiger partial charge is 0.264 e. The van der Waals surface area contributed by atoms with Crippen molar-refractivity contribution in [2.45, 2.75) is 38.0 Å². The normalized spacial score (nSPS) is 24.4. The minimum atomic E-state index is -3.07. The van der Waals surface area contributed by atoms with Gasteiger partial charge in [-0.25, -0.2) is 18.1 Å². The van der Waals surface area contributed by atoms with Gasteiger partial charge in [-0.3, -0.25) is 14.2 Å². The molecule has 10 nitrogen and oxygen atoms in total. The third-order valence-corrected chi connectivity index (χ3v) is 6.75. The van der Waals surface area contributed by atoms with E-state index in [0.717, 1.165) is 12.8 Å². The van der Waals surface area contributed by atoms with Crippen LogP contribution in [-0.2, 0) is 25.9 Å². The molecule has 0 spiro atoms. The highest BCUT2D eigenvalue weighted by Gasteiger charge is 2.31. The van der Waals surface area contributed by atoms with E-state index in [0.29, 0.717) is 25.2 Å². The summed E-state index contributed by atoms with van der Waals surface area (Å²) in [5.74, 6) is -0.177. The van der Waals surface area contributed by atoms with E-state index in [-0.39, 0.29) is 47.0 Å². The highest BCUT2D eigenvalue weighted by Crippen LogP contribution is 2.25. The van der Waals surface area contributed by atoms with Crippen molar-refractivity contribution in [1.82, 2.24) is 24.6 Å². The lowest BCUT2D eigenvalue weighted by atomic mass is 10.2. The fourth-order valence-corrected chi connectivity index (χ4v) is 5.25. The Morgan fingerprint density at radius 3 is 2.93 bits per heavy atom. The second-order valence-corrected chi connectivity index (χ2v) is 9.23. The number of sulfone groups is 1. The third-order valence-electron chi connectivity index (χ3n) is 5.00. The van der Waals surface area contributed by atoms with Crippen molar-refractivity contribution in [1.29, 1.82) is 0 Å². The van der Waals surface area contributed by atoms with Gasteiger partial charge in [-0.05, 0) is 19.3 Å². The van der Waals surface area contributed by atoms with Crippen LogP contribution in [-0.4, -0.2) is 64.4 Å². The molecular weight excluding hydrogens is 374 g/mol. The van der Waals surface area contributed by atoms with Crippen LogP contribution in [0, 0.1) is 0 Å². The molecule has 2 atom stereocenters. The third kappa shape index (κ3) is 3.74. The largest absolute Gasteiger partial charge is 0.376 e. The second kappa shape index (κ2) is 7.04. The van der Waals surface area contributed by atoms with Gasteiger partial charge < -0.3 is 10.1 Å². The molecule has 2 aromatic heterocycles. The molecule has 11 heteroatoms. The molecule has 4 rings (SSSR count). The minimum Gasteiger partial charge on any atom is -0.376 e. The number of carbonyl (C=O) groups is 1. The zero-order chi connectivity index (χ0) is 19.0. The van der Waals surface area contributed by atoms with E-state index < -0.39 is 9.84 Å². The molecule has 0 bridgehead atoms. The van der Waals surface area contributed by atoms with Gasteiger partial charge in [0.15, 0.2) is 15.5 Å². The first kappa shape index (κ1) is 18.1. The maximum Gasteiger partial charge on any atom is 0.264 e. The zero-order valence-corrected chi connectivity index (χ0v) is 15.5. The van der Waals surface area contributed by atoms with Crippen molar-refractivity contribution < 1.29 is 17.9 Å². The Morgan fingerprint density at radius 1 is 1.37 bits per heavy atom. The summed E-state index contributed by atoms with van der Waals surface area (Å²) in [6, 6.07) is -0.315. The van der Waals surface area contributed by atoms with E-state index in [1.54, 1.807) is 0 Å². The van der Waals surface area contributed by atoms with Crippen LogP contribution < -0.4 is 10.9 Å². The van der Waals surface area contributed by atoms with Crippen LogP contribution in [0.25, 0.3) is 11.0 Å². The van der Waals surface area contributed by atoms with E-state index in [2.05, 4.69) is 15.4 Å². The Balaban J connectivity index is 1.49. The number of nitrogens with one attached hydrogen (secondary N) is 1. The van der Waals surface area contributed by atoms with E-state index in [1.165, 1.54) is 21.8 Å². The van der Waals surface area contributed by atoms with Gasteiger partial charge in [0.05, 0.1) is 29.8 Å². The Hall–Kier alpha value is -2.27. The Morgan fingerprint density at radius 2 is 2.22 bits per heavy atom. The molecule has 146 valence electrons. The van der Waals surface area contributed by atoms with Gasteiger partial charge in [-0.15, -0.1) is 0 Å². The first-order chi connectivity index (χ1) is 12.9. The summed E-state index contributed by atoms with van der Waals surface area (Å²) >= 11 is 0. The van der Waals surface area contributed by atoms with Crippen LogP contribution in [0.5, 0.6) is 0 Å². The van der Waals surface area contributed by atoms with E-state index in [1.807, 2.05) is 0 Å². The number of hydrogen-bond donors (Lipinski definition) is 1. The van der Waals surface area contributed by atoms with E-state index >= 15 is 0 Å². The van der Waals surface area contributed by atoms with Crippen molar-refractivity contribution in [3.05, 3.63) is 22.9 Å². The first-order valence-corrected chi connectivity index (χ1v) is 10.8. The molecule has 0 unspecified atom stereocenters. The predicted octanol–water partition coefficient (Wildman–Crippen LogP) is -0.752. The summed E-state index contributed by atoms with van der Waals surface area (Å²) in [4.78, 5) is 29.0. The molecular formula is C16H21N5O5S. The van der Waals surface area contributed by atoms with Crippen molar-refractivity contribution in [3.8, 4) is 0 Å². The van der Waals surface area contributed by atoms with Crippen LogP contribution >= 0.6 is 0 Å². The summed E-state index contributed by atoms with van der Waals surface area (Å²) in [6.45, 7) is 1.00. The number of carbonyl (C=O) groups excluding carboxylic acids is 1. The number of nitrogens with zero attached hydrogens (tertiary/aromatic N) is 4. The maximum atomic E-state index is 12.6. The molecule has 2 aliphatic rings. The fraction of sp³-hybridized carbons (Fsp3) is 0.625. The van der Waals surface area contributed by atoms with Gasteiger partial charge in [-0.2, -0.15) is 5.10 Å². The molecule has 1 amide bonds. The first-order valence-electron chi connectivity index (χ1n) is 8.94. The predicted molar refractivity (Wildman–Crippen MR) is 96.1 cm³/mol. The molecule has 27 heavy (non-hydrogen) atoms. The monoisotopic (exact) mass is 395 g/mol. The zero-order valence-electron chi connectivity index (χ0n) is 14.7. The van der Waals surface area contributed by atoms with Crippen LogP contribution in [0.1, 0.15) is 25.3 Å². The number of aromatic nitrogens is 4. The minimum absolute atomic E-state index is 0.000187. The molecule has 2 aliphatic heterocycles. The standard InChI is InChI=1S/C16H21N5O5S/c22-14(17-6-12-2-1-4-26-12)8-20-10-18-15-13(16(20)23)7-19-21(15)11-3-5-27(24,25)9-11/h7,10-12H,1-6,8-9H2,(H,17,22)/t11-,12+/m0/s1. The number of fused-ring (bicyclic) bond motifs is 1. The summed E-state index contributed by atoms with van der Waals surface area (Å²) in [7, 11) is -3.07. The van der Waals surface area contributed by atoms with Crippen LogP contribution in [0.2, 0.25) is 0 Å². The fourth-order valence-electron chi connectivity index (χ4n) is 3.56. The van der Waals surface area contributed by atoms with Gasteiger partial charge in [-0.1, -0.05) is 0 Å². The highest BCUT2D eigenvalue weighted by atomic mass is 32.2. The quantitative estimate of drug-likeness (QED) is 0.706. The number of rotatable bonds is 5. The average Bonchev–Trinajstić information content (AvgIpc) is 3.35. The van der Waals surface area contributed by atoms with Crippen molar-refractivity contribution in [2.24, 2.45) is 0 Å². The van der Waals surface area contributed by atoms with Gasteiger partial charge in [0.2, 0.25) is 5.91 Å². The highest BCUT2D eigenvalue weighted by molar-refractivity contribution is 7.91. The Labute approximate surface area is 155 Å². The second-order valence-electron chi connectivity index (χ2n) is 7.00. The maximum absolute atomic E-state index is 12.6. The number of amides is 1. The Kier molecular flexibility index (Phi) is 4.72. The molecule has 2 saturated heterocycles. The van der Waals surface area contributed by atoms with Crippen LogP contribution in [0.15, 0.2) is 17.3 Å². The Bertz CT molecular complexity index is 1020. The molecule has 0 aliphatic carbocycles. The summed E-state index contributed by atoms with van der Waals surface area (Å²) in [5, 5.41) is 7.21. The molecule has 4 heterocycles. The lowest BCUT2D eigenvalue weighted by Gasteiger charge is -2.12. The molecule has 0 radical (unpaired) electrons. The van der Waals surface area contributed by atoms with Crippen LogP contribution in [0.3, 0.4) is 0 Å². The number of ether oxygens (including phenoxy) is 1. The SMILES string of the molecule is O=C(Cn1cnc2c(cnn2[C@H]2CCS(=O)(=O)C2)c1=O)NC[C@H]1CCCO1. The summed E-state index contributed by atoms with van der Waals surface area (Å²) < 4.78 is 31.6. The average molecular weight is 395 g/mol. The lowest BCUT2D eigenvalue weighted by Crippen LogP contribution is -2.36. The molecule has 2 fully saturated rings. The van der Waals surface area contributed by atoms with Crippen molar-refractivity contribution in [3.63, 3.8) is 0 Å². The van der Waals surface area contributed by atoms with Gasteiger partial charge in [0.1, 0.15) is 18.3 Å². The van der Waals surface area contributed by atoms with Crippen molar-refractivity contribution in [2.75, 3.05) is 24.7 Å². The summed E-state index contributed by atoms with van der Waals surface area (Å²) in [6.07, 6.45) is 5.09. The van der Waals surface area contributed by atoms with Crippen LogP contribution in [0.4, 0.5) is 0 Å². The van der Waals surface area contributed by atoms with Gasteiger partial charge in [0, 0.05) is 13.2 Å². The molecule has 2 aromatic rings. The molecule has 0 aromatic carbocycles. The van der Waals surface area contributed by atoms with E-state index in [9.17, 15) is 18.0 Å². The van der Waals surface area contributed by atoms with Crippen molar-refractivity contribution >= 4 is 26.8 Å². The van der Waals surface area contributed by atoms with E-state index in [4.69, 9.17) is 4.74 Å². The molecule has 0 saturated carbocycles. The summed E-state index contributed by atoms with van der Waals surface area (Å²) in [5.41, 5.74) is -0.0301. The van der Waals surface area contributed by atoms with Gasteiger partial charge in [0.25, 0.3) is 5.56 Å².